The van der Waals surface area contributed by atoms with Gasteiger partial charge in [0, 0.05) is 35.5 Å². The molecule has 3 aromatic carbocycles. The number of carbonyl (C=O) groups is 1. The van der Waals surface area contributed by atoms with E-state index in [9.17, 15) is 10.1 Å². The number of ether oxygens (including phenoxy) is 3. The summed E-state index contributed by atoms with van der Waals surface area (Å²) in [5, 5.41) is 19.3. The van der Waals surface area contributed by atoms with Crippen molar-refractivity contribution in [2.45, 2.75) is 26.6 Å². The Morgan fingerprint density at radius 1 is 0.902 bits per heavy atom. The van der Waals surface area contributed by atoms with Crippen LogP contribution >= 0.6 is 23.2 Å². The largest absolute Gasteiger partial charge is 0.492 e. The van der Waals surface area contributed by atoms with Crippen molar-refractivity contribution in [3.05, 3.63) is 105 Å². The maximum atomic E-state index is 11.7. The second-order valence-corrected chi connectivity index (χ2v) is 9.77. The molecular weight excluding hydrogens is 561 g/mol. The fourth-order valence-electron chi connectivity index (χ4n) is 4.18. The van der Waals surface area contributed by atoms with E-state index in [1.54, 1.807) is 24.4 Å². The molecule has 1 aromatic heterocycles. The van der Waals surface area contributed by atoms with Crippen LogP contribution in [-0.2, 0) is 13.2 Å². The SMILES string of the molecule is Cc1c(COc2cc(OCc3cncc(C#N)c3)c(C=O)cc2Cl)cccc1-c1cccc(OCCCCl)c1C#N. The monoisotopic (exact) mass is 585 g/mol. The van der Waals surface area contributed by atoms with Crippen molar-refractivity contribution >= 4 is 29.5 Å². The van der Waals surface area contributed by atoms with Crippen molar-refractivity contribution in [3.63, 3.8) is 0 Å². The van der Waals surface area contributed by atoms with Crippen molar-refractivity contribution in [2.75, 3.05) is 12.5 Å². The molecule has 0 spiro atoms. The highest BCUT2D eigenvalue weighted by Crippen LogP contribution is 2.36. The van der Waals surface area contributed by atoms with E-state index in [0.29, 0.717) is 53.4 Å². The highest BCUT2D eigenvalue weighted by Gasteiger charge is 2.16. The first-order valence-corrected chi connectivity index (χ1v) is 13.6. The van der Waals surface area contributed by atoms with E-state index in [4.69, 9.17) is 42.7 Å². The first kappa shape index (κ1) is 29.4. The summed E-state index contributed by atoms with van der Waals surface area (Å²) in [6, 6.07) is 20.4. The molecule has 0 fully saturated rings. The average molecular weight is 586 g/mol. The molecule has 0 bridgehead atoms. The maximum Gasteiger partial charge on any atom is 0.153 e. The van der Waals surface area contributed by atoms with Crippen LogP contribution < -0.4 is 14.2 Å². The van der Waals surface area contributed by atoms with Gasteiger partial charge in [-0.25, -0.2) is 0 Å². The Hall–Kier alpha value is -4.56. The molecule has 0 saturated carbocycles. The standard InChI is InChI=1S/C32H25Cl2N3O4/c1-21-24(5-2-6-26(21)27-7-3-8-30(28(27)15-36)39-10-4-9-33)20-41-32-13-31(25(18-38)12-29(32)34)40-19-23-11-22(14-35)16-37-17-23/h2-3,5-8,11-13,16-18H,4,9-10,19-20H2,1H3. The molecule has 7 nitrogen and oxygen atoms in total. The van der Waals surface area contributed by atoms with Gasteiger partial charge in [0.15, 0.2) is 6.29 Å². The van der Waals surface area contributed by atoms with Gasteiger partial charge in [0.2, 0.25) is 0 Å². The summed E-state index contributed by atoms with van der Waals surface area (Å²) < 4.78 is 17.8. The number of hydrogen-bond acceptors (Lipinski definition) is 7. The molecule has 4 aromatic rings. The molecule has 0 aliphatic rings. The maximum absolute atomic E-state index is 11.7. The minimum Gasteiger partial charge on any atom is -0.492 e. The fourth-order valence-corrected chi connectivity index (χ4v) is 4.52. The second kappa shape index (κ2) is 14.2. The molecule has 0 radical (unpaired) electrons. The summed E-state index contributed by atoms with van der Waals surface area (Å²) in [4.78, 5) is 15.7. The molecule has 206 valence electrons. The van der Waals surface area contributed by atoms with Crippen LogP contribution in [0.3, 0.4) is 0 Å². The van der Waals surface area contributed by atoms with Gasteiger partial charge in [-0.1, -0.05) is 41.9 Å². The number of aromatic nitrogens is 1. The van der Waals surface area contributed by atoms with Crippen LogP contribution in [0.5, 0.6) is 17.2 Å². The molecular formula is C32H25Cl2N3O4. The van der Waals surface area contributed by atoms with Crippen LogP contribution in [0, 0.1) is 29.6 Å². The summed E-state index contributed by atoms with van der Waals surface area (Å²) in [5.74, 6) is 1.62. The number of benzene rings is 3. The number of carbonyl (C=O) groups excluding carboxylic acids is 1. The first-order valence-electron chi connectivity index (χ1n) is 12.7. The third-order valence-electron chi connectivity index (χ3n) is 6.30. The summed E-state index contributed by atoms with van der Waals surface area (Å²) >= 11 is 12.2. The smallest absolute Gasteiger partial charge is 0.153 e. The van der Waals surface area contributed by atoms with Gasteiger partial charge >= 0.3 is 0 Å². The summed E-state index contributed by atoms with van der Waals surface area (Å²) in [5.41, 5.74) is 5.26. The zero-order chi connectivity index (χ0) is 29.2. The molecule has 9 heteroatoms. The predicted octanol–water partition coefficient (Wildman–Crippen LogP) is 7.43. The minimum absolute atomic E-state index is 0.0987. The van der Waals surface area contributed by atoms with E-state index >= 15 is 0 Å². The zero-order valence-electron chi connectivity index (χ0n) is 22.2. The number of aldehydes is 1. The lowest BCUT2D eigenvalue weighted by Gasteiger charge is -2.17. The van der Waals surface area contributed by atoms with E-state index < -0.39 is 0 Å². The molecule has 1 heterocycles. The van der Waals surface area contributed by atoms with Gasteiger partial charge in [0.1, 0.15) is 48.2 Å². The molecule has 0 amide bonds. The van der Waals surface area contributed by atoms with Crippen LogP contribution in [0.1, 0.15) is 44.6 Å². The van der Waals surface area contributed by atoms with Crippen LogP contribution in [0.15, 0.2) is 67.0 Å². The molecule has 0 aliphatic heterocycles. The number of hydrogen-bond donors (Lipinski definition) is 0. The Kier molecular flexibility index (Phi) is 10.2. The van der Waals surface area contributed by atoms with Gasteiger partial charge in [-0.15, -0.1) is 11.6 Å². The molecule has 0 unspecified atom stereocenters. The molecule has 4 rings (SSSR count). The van der Waals surface area contributed by atoms with E-state index in [0.717, 1.165) is 22.3 Å². The topological polar surface area (TPSA) is 105 Å². The van der Waals surface area contributed by atoms with Crippen LogP contribution in [-0.4, -0.2) is 23.8 Å². The minimum atomic E-state index is 0.0987. The Labute approximate surface area is 248 Å². The van der Waals surface area contributed by atoms with Gasteiger partial charge in [-0.2, -0.15) is 10.5 Å². The third-order valence-corrected chi connectivity index (χ3v) is 6.87. The molecule has 0 N–H and O–H groups in total. The molecule has 0 saturated heterocycles. The summed E-state index contributed by atoms with van der Waals surface area (Å²) in [7, 11) is 0. The van der Waals surface area contributed by atoms with E-state index in [2.05, 4.69) is 11.1 Å². The van der Waals surface area contributed by atoms with Crippen molar-refractivity contribution < 1.29 is 19.0 Å². The van der Waals surface area contributed by atoms with Crippen molar-refractivity contribution in [2.24, 2.45) is 0 Å². The molecule has 0 atom stereocenters. The second-order valence-electron chi connectivity index (χ2n) is 8.98. The van der Waals surface area contributed by atoms with Crippen LogP contribution in [0.25, 0.3) is 11.1 Å². The Balaban J connectivity index is 1.56. The number of rotatable bonds is 12. The van der Waals surface area contributed by atoms with Crippen LogP contribution in [0.2, 0.25) is 5.02 Å². The zero-order valence-corrected chi connectivity index (χ0v) is 23.7. The van der Waals surface area contributed by atoms with Gasteiger partial charge < -0.3 is 14.2 Å². The fraction of sp³-hybridized carbons (Fsp3) is 0.188. The number of pyridine rings is 1. The first-order chi connectivity index (χ1) is 20.0. The number of alkyl halides is 1. The lowest BCUT2D eigenvalue weighted by Crippen LogP contribution is -2.03. The quantitative estimate of drug-likeness (QED) is 0.0966. The Morgan fingerprint density at radius 2 is 1.68 bits per heavy atom. The van der Waals surface area contributed by atoms with Gasteiger partial charge in [0.25, 0.3) is 0 Å². The van der Waals surface area contributed by atoms with E-state index in [-0.39, 0.29) is 29.5 Å². The van der Waals surface area contributed by atoms with Gasteiger partial charge in [0.05, 0.1) is 22.8 Å². The van der Waals surface area contributed by atoms with E-state index in [1.165, 1.54) is 12.3 Å². The highest BCUT2D eigenvalue weighted by molar-refractivity contribution is 6.32. The van der Waals surface area contributed by atoms with Crippen molar-refractivity contribution in [3.8, 4) is 40.5 Å². The molecule has 0 aliphatic carbocycles. The lowest BCUT2D eigenvalue weighted by molar-refractivity contribution is 0.111. The highest BCUT2D eigenvalue weighted by atomic mass is 35.5. The lowest BCUT2D eigenvalue weighted by atomic mass is 9.93. The Bertz CT molecular complexity index is 1640. The average Bonchev–Trinajstić information content (AvgIpc) is 3.00. The number of halogens is 2. The number of nitrogens with zero attached hydrogens (tertiary/aromatic N) is 3. The van der Waals surface area contributed by atoms with Crippen LogP contribution in [0.4, 0.5) is 0 Å². The van der Waals surface area contributed by atoms with Crippen molar-refractivity contribution in [1.82, 2.24) is 4.98 Å². The van der Waals surface area contributed by atoms with Gasteiger partial charge in [-0.05, 0) is 48.2 Å². The van der Waals surface area contributed by atoms with Crippen molar-refractivity contribution in [1.29, 1.82) is 10.5 Å². The predicted molar refractivity (Wildman–Crippen MR) is 157 cm³/mol. The normalized spacial score (nSPS) is 10.4. The van der Waals surface area contributed by atoms with Gasteiger partial charge in [-0.3, -0.25) is 9.78 Å². The van der Waals surface area contributed by atoms with E-state index in [1.807, 2.05) is 43.3 Å². The molecule has 41 heavy (non-hydrogen) atoms. The summed E-state index contributed by atoms with van der Waals surface area (Å²) in [6.07, 6.45) is 4.38. The Morgan fingerprint density at radius 3 is 2.44 bits per heavy atom. The summed E-state index contributed by atoms with van der Waals surface area (Å²) in [6.45, 7) is 2.67. The third kappa shape index (κ3) is 7.15. The number of nitriles is 2.